The minimum atomic E-state index is 0.0844. The minimum Gasteiger partial charge on any atom is -0.271 e. The van der Waals surface area contributed by atoms with Gasteiger partial charge in [0.25, 0.3) is 0 Å². The van der Waals surface area contributed by atoms with Gasteiger partial charge in [0.2, 0.25) is 0 Å². The fourth-order valence-corrected chi connectivity index (χ4v) is 2.35. The smallest absolute Gasteiger partial charge is 0.0897 e. The van der Waals surface area contributed by atoms with Gasteiger partial charge in [-0.15, -0.1) is 11.3 Å². The summed E-state index contributed by atoms with van der Waals surface area (Å²) in [5.41, 5.74) is 3.84. The third-order valence-electron chi connectivity index (χ3n) is 2.32. The van der Waals surface area contributed by atoms with Crippen molar-refractivity contribution in [1.29, 1.82) is 0 Å². The monoisotopic (exact) mass is 234 g/mol. The molecule has 0 spiro atoms. The van der Waals surface area contributed by atoms with Crippen molar-refractivity contribution in [3.05, 3.63) is 46.2 Å². The molecule has 2 aromatic rings. The molecule has 84 valence electrons. The van der Waals surface area contributed by atoms with E-state index in [0.717, 1.165) is 22.0 Å². The lowest BCUT2D eigenvalue weighted by molar-refractivity contribution is 0.553. The molecule has 0 aliphatic rings. The quantitative estimate of drug-likeness (QED) is 0.623. The maximum Gasteiger partial charge on any atom is 0.0897 e. The Bertz CT molecular complexity index is 440. The zero-order valence-electron chi connectivity index (χ0n) is 9.05. The fraction of sp³-hybridized carbons (Fsp3) is 0.273. The molecule has 0 saturated heterocycles. The number of pyridine rings is 1. The highest BCUT2D eigenvalue weighted by Crippen LogP contribution is 2.22. The minimum absolute atomic E-state index is 0.0844. The van der Waals surface area contributed by atoms with E-state index in [0.29, 0.717) is 0 Å². The highest BCUT2D eigenvalue weighted by atomic mass is 32.1. The van der Waals surface area contributed by atoms with Crippen molar-refractivity contribution < 1.29 is 0 Å². The predicted octanol–water partition coefficient (Wildman–Crippen LogP) is 1.59. The zero-order chi connectivity index (χ0) is 11.4. The first-order valence-corrected chi connectivity index (χ1v) is 5.89. The lowest BCUT2D eigenvalue weighted by Crippen LogP contribution is -2.29. The van der Waals surface area contributed by atoms with Crippen LogP contribution in [0.1, 0.15) is 21.6 Å². The van der Waals surface area contributed by atoms with E-state index in [1.54, 1.807) is 17.5 Å². The van der Waals surface area contributed by atoms with E-state index in [1.807, 2.05) is 31.3 Å². The van der Waals surface area contributed by atoms with Gasteiger partial charge in [0.15, 0.2) is 0 Å². The molecule has 3 N–H and O–H groups in total. The SMILES string of the molecule is Cc1ncc(C(Cc2ccccn2)NN)s1. The van der Waals surface area contributed by atoms with Gasteiger partial charge in [-0.1, -0.05) is 6.07 Å². The Morgan fingerprint density at radius 1 is 1.44 bits per heavy atom. The van der Waals surface area contributed by atoms with Crippen LogP contribution in [0.3, 0.4) is 0 Å². The molecule has 0 aromatic carbocycles. The number of rotatable bonds is 4. The average Bonchev–Trinajstić information content (AvgIpc) is 2.74. The molecule has 2 rings (SSSR count). The van der Waals surface area contributed by atoms with E-state index in [1.165, 1.54) is 0 Å². The molecule has 0 amide bonds. The van der Waals surface area contributed by atoms with Gasteiger partial charge < -0.3 is 0 Å². The van der Waals surface area contributed by atoms with Crippen LogP contribution in [0.4, 0.5) is 0 Å². The molecule has 2 heterocycles. The molecule has 5 heteroatoms. The van der Waals surface area contributed by atoms with E-state index < -0.39 is 0 Å². The Labute approximate surface area is 98.5 Å². The number of hydrogen-bond donors (Lipinski definition) is 2. The van der Waals surface area contributed by atoms with Crippen molar-refractivity contribution in [1.82, 2.24) is 15.4 Å². The molecular formula is C11H14N4S. The first kappa shape index (κ1) is 11.2. The first-order valence-electron chi connectivity index (χ1n) is 5.08. The first-order chi connectivity index (χ1) is 7.79. The molecule has 0 fully saturated rings. The van der Waals surface area contributed by atoms with Crippen LogP contribution in [0.15, 0.2) is 30.6 Å². The van der Waals surface area contributed by atoms with Gasteiger partial charge in [0.05, 0.1) is 11.0 Å². The van der Waals surface area contributed by atoms with Crippen molar-refractivity contribution in [3.63, 3.8) is 0 Å². The number of aryl methyl sites for hydroxylation is 1. The van der Waals surface area contributed by atoms with E-state index in [4.69, 9.17) is 5.84 Å². The lowest BCUT2D eigenvalue weighted by atomic mass is 10.1. The zero-order valence-corrected chi connectivity index (χ0v) is 9.87. The summed E-state index contributed by atoms with van der Waals surface area (Å²) in [6, 6.07) is 5.97. The van der Waals surface area contributed by atoms with Crippen molar-refractivity contribution >= 4 is 11.3 Å². The summed E-state index contributed by atoms with van der Waals surface area (Å²) in [7, 11) is 0. The van der Waals surface area contributed by atoms with Gasteiger partial charge in [0, 0.05) is 29.4 Å². The number of hydrazine groups is 1. The molecule has 0 aliphatic heterocycles. The van der Waals surface area contributed by atoms with E-state index in [-0.39, 0.29) is 6.04 Å². The summed E-state index contributed by atoms with van der Waals surface area (Å²) >= 11 is 1.66. The predicted molar refractivity (Wildman–Crippen MR) is 64.9 cm³/mol. The standard InChI is InChI=1S/C11H14N4S/c1-8-14-7-11(16-8)10(15-12)6-9-4-2-3-5-13-9/h2-5,7,10,15H,6,12H2,1H3. The van der Waals surface area contributed by atoms with Crippen molar-refractivity contribution in [2.45, 2.75) is 19.4 Å². The number of thiazole rings is 1. The second-order valence-electron chi connectivity index (χ2n) is 3.53. The summed E-state index contributed by atoms with van der Waals surface area (Å²) < 4.78 is 0. The summed E-state index contributed by atoms with van der Waals surface area (Å²) in [5, 5.41) is 1.05. The Hall–Kier alpha value is -1.30. The van der Waals surface area contributed by atoms with Crippen LogP contribution in [0.25, 0.3) is 0 Å². The molecule has 1 atom stereocenters. The summed E-state index contributed by atoms with van der Waals surface area (Å²) in [6.07, 6.45) is 4.44. The number of nitrogens with one attached hydrogen (secondary N) is 1. The largest absolute Gasteiger partial charge is 0.271 e. The molecule has 16 heavy (non-hydrogen) atoms. The lowest BCUT2D eigenvalue weighted by Gasteiger charge is -2.12. The third kappa shape index (κ3) is 2.63. The number of nitrogens with zero attached hydrogens (tertiary/aromatic N) is 2. The van der Waals surface area contributed by atoms with Gasteiger partial charge in [-0.05, 0) is 19.1 Å². The summed E-state index contributed by atoms with van der Waals surface area (Å²) in [5.74, 6) is 5.56. The highest BCUT2D eigenvalue weighted by Gasteiger charge is 2.13. The molecule has 2 aromatic heterocycles. The summed E-state index contributed by atoms with van der Waals surface area (Å²) in [6.45, 7) is 1.99. The van der Waals surface area contributed by atoms with Crippen LogP contribution < -0.4 is 11.3 Å². The molecule has 0 saturated carbocycles. The van der Waals surface area contributed by atoms with Crippen LogP contribution in [-0.2, 0) is 6.42 Å². The van der Waals surface area contributed by atoms with Crippen LogP contribution in [0.2, 0.25) is 0 Å². The second kappa shape index (κ2) is 5.16. The fourth-order valence-electron chi connectivity index (χ4n) is 1.51. The number of hydrogen-bond acceptors (Lipinski definition) is 5. The van der Waals surface area contributed by atoms with Gasteiger partial charge in [0.1, 0.15) is 0 Å². The Balaban J connectivity index is 2.12. The third-order valence-corrected chi connectivity index (χ3v) is 3.35. The van der Waals surface area contributed by atoms with E-state index in [2.05, 4.69) is 15.4 Å². The molecule has 0 bridgehead atoms. The topological polar surface area (TPSA) is 63.8 Å². The van der Waals surface area contributed by atoms with Gasteiger partial charge in [-0.25, -0.2) is 4.98 Å². The maximum atomic E-state index is 5.56. The molecular weight excluding hydrogens is 220 g/mol. The number of nitrogens with two attached hydrogens (primary N) is 1. The Morgan fingerprint density at radius 2 is 2.31 bits per heavy atom. The van der Waals surface area contributed by atoms with Crippen LogP contribution in [0, 0.1) is 6.92 Å². The van der Waals surface area contributed by atoms with Crippen molar-refractivity contribution in [3.8, 4) is 0 Å². The Kier molecular flexibility index (Phi) is 3.61. The molecule has 0 aliphatic carbocycles. The van der Waals surface area contributed by atoms with Crippen LogP contribution >= 0.6 is 11.3 Å². The molecule has 4 nitrogen and oxygen atoms in total. The van der Waals surface area contributed by atoms with E-state index >= 15 is 0 Å². The van der Waals surface area contributed by atoms with Gasteiger partial charge in [-0.2, -0.15) is 0 Å². The second-order valence-corrected chi connectivity index (χ2v) is 4.79. The highest BCUT2D eigenvalue weighted by molar-refractivity contribution is 7.11. The molecule has 0 radical (unpaired) electrons. The van der Waals surface area contributed by atoms with Crippen LogP contribution in [0.5, 0.6) is 0 Å². The van der Waals surface area contributed by atoms with Crippen LogP contribution in [-0.4, -0.2) is 9.97 Å². The van der Waals surface area contributed by atoms with Gasteiger partial charge >= 0.3 is 0 Å². The maximum absolute atomic E-state index is 5.56. The summed E-state index contributed by atoms with van der Waals surface area (Å²) in [4.78, 5) is 9.66. The van der Waals surface area contributed by atoms with E-state index in [9.17, 15) is 0 Å². The Morgan fingerprint density at radius 3 is 2.88 bits per heavy atom. The number of aromatic nitrogens is 2. The van der Waals surface area contributed by atoms with Crippen molar-refractivity contribution in [2.24, 2.45) is 5.84 Å². The van der Waals surface area contributed by atoms with Gasteiger partial charge in [-0.3, -0.25) is 16.3 Å². The normalized spacial score (nSPS) is 12.6. The average molecular weight is 234 g/mol. The molecule has 1 unspecified atom stereocenters. The van der Waals surface area contributed by atoms with Crippen molar-refractivity contribution in [2.75, 3.05) is 0 Å².